The Labute approximate surface area is 195 Å². The second-order valence-electron chi connectivity index (χ2n) is 7.55. The maximum absolute atomic E-state index is 12.9. The molecule has 2 amide bonds. The van der Waals surface area contributed by atoms with Crippen molar-refractivity contribution >= 4 is 17.9 Å². The van der Waals surface area contributed by atoms with Gasteiger partial charge in [0.15, 0.2) is 23.0 Å². The molecule has 3 aromatic carbocycles. The summed E-state index contributed by atoms with van der Waals surface area (Å²) in [5.41, 5.74) is 1.72. The van der Waals surface area contributed by atoms with Gasteiger partial charge in [-0.1, -0.05) is 24.3 Å². The molecule has 9 heteroatoms. The molecule has 0 bridgehead atoms. The van der Waals surface area contributed by atoms with E-state index >= 15 is 0 Å². The van der Waals surface area contributed by atoms with Crippen LogP contribution in [0, 0.1) is 0 Å². The highest BCUT2D eigenvalue weighted by atomic mass is 16.3. The van der Waals surface area contributed by atoms with Crippen molar-refractivity contribution in [1.29, 1.82) is 0 Å². The third-order valence-corrected chi connectivity index (χ3v) is 4.94. The SMILES string of the molecule is O=C(C=Cc1ccc(O)c(O)c1)N[C@@H](Cc1ccc(O)cc1)C(=O)NCc1ccc(O)c(O)c1. The Balaban J connectivity index is 1.70. The van der Waals surface area contributed by atoms with E-state index in [4.69, 9.17) is 0 Å². The summed E-state index contributed by atoms with van der Waals surface area (Å²) in [5.74, 6) is -2.17. The number of phenols is 5. The molecule has 0 heterocycles. The van der Waals surface area contributed by atoms with Crippen molar-refractivity contribution in [3.8, 4) is 28.7 Å². The Morgan fingerprint density at radius 2 is 1.38 bits per heavy atom. The van der Waals surface area contributed by atoms with Crippen LogP contribution in [0.2, 0.25) is 0 Å². The Hall–Kier alpha value is -4.66. The predicted octanol–water partition coefficient (Wildman–Crippen LogP) is 2.27. The van der Waals surface area contributed by atoms with Gasteiger partial charge < -0.3 is 36.2 Å². The summed E-state index contributed by atoms with van der Waals surface area (Å²) in [6, 6.07) is 13.5. The van der Waals surface area contributed by atoms with Crippen LogP contribution < -0.4 is 10.6 Å². The fourth-order valence-electron chi connectivity index (χ4n) is 3.10. The zero-order valence-corrected chi connectivity index (χ0v) is 18.0. The van der Waals surface area contributed by atoms with Crippen molar-refractivity contribution in [3.63, 3.8) is 0 Å². The lowest BCUT2D eigenvalue weighted by Gasteiger charge is -2.18. The number of hydrogen-bond acceptors (Lipinski definition) is 7. The average molecular weight is 464 g/mol. The van der Waals surface area contributed by atoms with Gasteiger partial charge in [0.2, 0.25) is 11.8 Å². The standard InChI is InChI=1S/C25H24N2O7/c28-18-6-1-15(2-7-18)11-19(25(34)26-14-17-4-9-21(30)23(32)13-17)27-24(33)10-5-16-3-8-20(29)22(31)12-16/h1-10,12-13,19,28-32H,11,14H2,(H,26,34)(H,27,33)/t19-/m0/s1. The first-order valence-corrected chi connectivity index (χ1v) is 10.3. The Bertz CT molecular complexity index is 1210. The smallest absolute Gasteiger partial charge is 0.244 e. The molecule has 0 aliphatic carbocycles. The number of rotatable bonds is 8. The van der Waals surface area contributed by atoms with Crippen LogP contribution in [-0.4, -0.2) is 43.4 Å². The van der Waals surface area contributed by atoms with E-state index in [9.17, 15) is 35.1 Å². The predicted molar refractivity (Wildman–Crippen MR) is 124 cm³/mol. The van der Waals surface area contributed by atoms with Gasteiger partial charge in [-0.3, -0.25) is 9.59 Å². The van der Waals surface area contributed by atoms with Crippen LogP contribution in [0.3, 0.4) is 0 Å². The molecule has 3 rings (SSSR count). The lowest BCUT2D eigenvalue weighted by molar-refractivity contribution is -0.127. The summed E-state index contributed by atoms with van der Waals surface area (Å²) in [4.78, 5) is 25.4. The fourth-order valence-corrected chi connectivity index (χ4v) is 3.10. The van der Waals surface area contributed by atoms with Crippen LogP contribution in [0.5, 0.6) is 28.7 Å². The molecule has 0 spiro atoms. The number of carbonyl (C=O) groups excluding carboxylic acids is 2. The van der Waals surface area contributed by atoms with E-state index in [0.717, 1.165) is 0 Å². The quantitative estimate of drug-likeness (QED) is 0.199. The van der Waals surface area contributed by atoms with Crippen molar-refractivity contribution in [2.75, 3.05) is 0 Å². The summed E-state index contributed by atoms with van der Waals surface area (Å²) in [7, 11) is 0. The Kier molecular flexibility index (Phi) is 7.60. The van der Waals surface area contributed by atoms with E-state index in [-0.39, 0.29) is 41.7 Å². The third kappa shape index (κ3) is 6.67. The number of nitrogens with one attached hydrogen (secondary N) is 2. The topological polar surface area (TPSA) is 159 Å². The molecule has 0 unspecified atom stereocenters. The molecule has 3 aromatic rings. The van der Waals surface area contributed by atoms with Crippen molar-refractivity contribution < 1.29 is 35.1 Å². The molecule has 0 aliphatic heterocycles. The van der Waals surface area contributed by atoms with Crippen LogP contribution in [0.1, 0.15) is 16.7 Å². The van der Waals surface area contributed by atoms with Crippen LogP contribution in [0.25, 0.3) is 6.08 Å². The summed E-state index contributed by atoms with van der Waals surface area (Å²) >= 11 is 0. The van der Waals surface area contributed by atoms with Crippen molar-refractivity contribution in [2.45, 2.75) is 19.0 Å². The molecule has 176 valence electrons. The Morgan fingerprint density at radius 1 is 0.765 bits per heavy atom. The Morgan fingerprint density at radius 3 is 2.03 bits per heavy atom. The van der Waals surface area contributed by atoms with Crippen LogP contribution in [-0.2, 0) is 22.6 Å². The highest BCUT2D eigenvalue weighted by Crippen LogP contribution is 2.26. The third-order valence-electron chi connectivity index (χ3n) is 4.94. The molecule has 0 aromatic heterocycles. The van der Waals surface area contributed by atoms with E-state index in [1.807, 2.05) is 0 Å². The van der Waals surface area contributed by atoms with E-state index in [1.165, 1.54) is 54.6 Å². The van der Waals surface area contributed by atoms with Gasteiger partial charge in [0.1, 0.15) is 11.8 Å². The number of carbonyl (C=O) groups is 2. The molecule has 9 nitrogen and oxygen atoms in total. The highest BCUT2D eigenvalue weighted by molar-refractivity contribution is 5.95. The first-order valence-electron chi connectivity index (χ1n) is 10.3. The second-order valence-corrected chi connectivity index (χ2v) is 7.55. The van der Waals surface area contributed by atoms with Gasteiger partial charge in [0.05, 0.1) is 0 Å². The van der Waals surface area contributed by atoms with Gasteiger partial charge in [-0.2, -0.15) is 0 Å². The van der Waals surface area contributed by atoms with Gasteiger partial charge in [-0.25, -0.2) is 0 Å². The van der Waals surface area contributed by atoms with Crippen LogP contribution >= 0.6 is 0 Å². The molecule has 0 radical (unpaired) electrons. The summed E-state index contributed by atoms with van der Waals surface area (Å²) in [5, 5.41) is 52.8. The summed E-state index contributed by atoms with van der Waals surface area (Å²) < 4.78 is 0. The molecule has 1 atom stereocenters. The summed E-state index contributed by atoms with van der Waals surface area (Å²) in [6.45, 7) is 0.0528. The zero-order chi connectivity index (χ0) is 24.7. The molecular formula is C25H24N2O7. The molecule has 0 saturated carbocycles. The number of phenolic OH excluding ortho intramolecular Hbond substituents is 5. The molecule has 0 aliphatic rings. The largest absolute Gasteiger partial charge is 0.508 e. The van der Waals surface area contributed by atoms with Gasteiger partial charge in [0, 0.05) is 19.0 Å². The minimum absolute atomic E-state index is 0.0528. The molecule has 0 saturated heterocycles. The lowest BCUT2D eigenvalue weighted by Crippen LogP contribution is -2.47. The minimum atomic E-state index is -0.958. The van der Waals surface area contributed by atoms with E-state index in [0.29, 0.717) is 16.7 Å². The highest BCUT2D eigenvalue weighted by Gasteiger charge is 2.20. The van der Waals surface area contributed by atoms with Gasteiger partial charge in [-0.05, 0) is 59.2 Å². The van der Waals surface area contributed by atoms with E-state index < -0.39 is 17.9 Å². The maximum Gasteiger partial charge on any atom is 0.244 e. The molecule has 34 heavy (non-hydrogen) atoms. The minimum Gasteiger partial charge on any atom is -0.508 e. The average Bonchev–Trinajstić information content (AvgIpc) is 2.81. The monoisotopic (exact) mass is 464 g/mol. The maximum atomic E-state index is 12.9. The normalized spacial score (nSPS) is 11.8. The number of amides is 2. The van der Waals surface area contributed by atoms with Gasteiger partial charge in [-0.15, -0.1) is 0 Å². The van der Waals surface area contributed by atoms with Crippen LogP contribution in [0.15, 0.2) is 66.7 Å². The second kappa shape index (κ2) is 10.8. The molecular weight excluding hydrogens is 440 g/mol. The molecule has 7 N–H and O–H groups in total. The van der Waals surface area contributed by atoms with Crippen molar-refractivity contribution in [2.24, 2.45) is 0 Å². The summed E-state index contributed by atoms with van der Waals surface area (Å²) in [6.07, 6.45) is 2.76. The first kappa shape index (κ1) is 24.0. The fraction of sp³-hybridized carbons (Fsp3) is 0.120. The van der Waals surface area contributed by atoms with Gasteiger partial charge >= 0.3 is 0 Å². The molecule has 0 fully saturated rings. The number of aromatic hydroxyl groups is 5. The van der Waals surface area contributed by atoms with Crippen molar-refractivity contribution in [3.05, 3.63) is 83.4 Å². The van der Waals surface area contributed by atoms with Crippen LogP contribution in [0.4, 0.5) is 0 Å². The first-order chi connectivity index (χ1) is 16.2. The number of hydrogen-bond donors (Lipinski definition) is 7. The lowest BCUT2D eigenvalue weighted by atomic mass is 10.0. The number of benzene rings is 3. The van der Waals surface area contributed by atoms with Crippen molar-refractivity contribution in [1.82, 2.24) is 10.6 Å². The zero-order valence-electron chi connectivity index (χ0n) is 18.0. The van der Waals surface area contributed by atoms with E-state index in [1.54, 1.807) is 18.2 Å². The van der Waals surface area contributed by atoms with Gasteiger partial charge in [0.25, 0.3) is 0 Å². The van der Waals surface area contributed by atoms with E-state index in [2.05, 4.69) is 10.6 Å².